The van der Waals surface area contributed by atoms with Crippen molar-refractivity contribution in [2.24, 2.45) is 11.3 Å². The predicted molar refractivity (Wildman–Crippen MR) is 106 cm³/mol. The van der Waals surface area contributed by atoms with Crippen LogP contribution < -0.4 is 4.90 Å². The van der Waals surface area contributed by atoms with Gasteiger partial charge in [0.05, 0.1) is 36.6 Å². The van der Waals surface area contributed by atoms with Crippen LogP contribution in [0.15, 0.2) is 36.7 Å². The van der Waals surface area contributed by atoms with Crippen LogP contribution in [-0.4, -0.2) is 73.8 Å². The molecule has 0 saturated carbocycles. The molecule has 0 bridgehead atoms. The van der Waals surface area contributed by atoms with Gasteiger partial charge in [0.15, 0.2) is 5.69 Å². The lowest BCUT2D eigenvalue weighted by molar-refractivity contribution is 0.0690. The number of hydrogen-bond acceptors (Lipinski definition) is 7. The van der Waals surface area contributed by atoms with Crippen LogP contribution in [0.25, 0.3) is 11.0 Å². The number of para-hydroxylation sites is 2. The van der Waals surface area contributed by atoms with E-state index in [0.717, 1.165) is 43.0 Å². The number of H-pyrrole nitrogens is 1. The number of aliphatic hydroxyl groups excluding tert-OH is 1. The minimum absolute atomic E-state index is 0.0676. The number of anilines is 1. The predicted octanol–water partition coefficient (Wildman–Crippen LogP) is 0.982. The highest BCUT2D eigenvalue weighted by atomic mass is 16.4. The molecule has 3 aromatic rings. The van der Waals surface area contributed by atoms with E-state index in [1.165, 1.54) is 12.4 Å². The summed E-state index contributed by atoms with van der Waals surface area (Å²) < 4.78 is 0. The second kappa shape index (κ2) is 6.78. The molecule has 2 saturated heterocycles. The molecule has 2 unspecified atom stereocenters. The van der Waals surface area contributed by atoms with Gasteiger partial charge in [-0.3, -0.25) is 4.90 Å². The summed E-state index contributed by atoms with van der Waals surface area (Å²) in [7, 11) is 0. The molecule has 0 amide bonds. The number of nitrogens with one attached hydrogen (secondary N) is 1. The number of likely N-dealkylation sites (tertiary alicyclic amines) is 1. The molecule has 29 heavy (non-hydrogen) atoms. The third kappa shape index (κ3) is 3.12. The summed E-state index contributed by atoms with van der Waals surface area (Å²) in [5.74, 6) is 0.806. The number of aromatic amines is 1. The van der Waals surface area contributed by atoms with Gasteiger partial charge in [0.1, 0.15) is 11.6 Å². The van der Waals surface area contributed by atoms with Crippen LogP contribution in [0, 0.1) is 11.3 Å². The third-order valence-corrected chi connectivity index (χ3v) is 6.14. The molecule has 2 aliphatic heterocycles. The minimum Gasteiger partial charge on any atom is -0.476 e. The largest absolute Gasteiger partial charge is 0.476 e. The molecular formula is C20H22N6O3. The van der Waals surface area contributed by atoms with Crippen molar-refractivity contribution in [2.45, 2.75) is 6.54 Å². The van der Waals surface area contributed by atoms with Gasteiger partial charge in [0, 0.05) is 31.6 Å². The molecule has 5 rings (SSSR count). The maximum atomic E-state index is 11.0. The highest BCUT2D eigenvalue weighted by Gasteiger charge is 2.52. The van der Waals surface area contributed by atoms with Crippen molar-refractivity contribution in [1.82, 2.24) is 24.8 Å². The maximum Gasteiger partial charge on any atom is 0.356 e. The molecule has 0 spiro atoms. The van der Waals surface area contributed by atoms with E-state index in [-0.39, 0.29) is 17.7 Å². The first-order valence-electron chi connectivity index (χ1n) is 9.63. The number of nitrogens with zero attached hydrogens (tertiary/aromatic N) is 5. The Morgan fingerprint density at radius 3 is 2.76 bits per heavy atom. The Balaban J connectivity index is 1.29. The number of aromatic carboxylic acids is 1. The average molecular weight is 394 g/mol. The van der Waals surface area contributed by atoms with Crippen molar-refractivity contribution >= 4 is 22.8 Å². The lowest BCUT2D eigenvalue weighted by Gasteiger charge is -2.27. The van der Waals surface area contributed by atoms with Crippen molar-refractivity contribution in [2.75, 3.05) is 37.7 Å². The number of aromatic nitrogens is 4. The summed E-state index contributed by atoms with van der Waals surface area (Å²) in [6.07, 6.45) is 2.78. The second-order valence-electron chi connectivity index (χ2n) is 8.03. The summed E-state index contributed by atoms with van der Waals surface area (Å²) in [5.41, 5.74) is 1.71. The zero-order valence-corrected chi connectivity index (χ0v) is 15.8. The van der Waals surface area contributed by atoms with E-state index in [0.29, 0.717) is 18.3 Å². The number of aliphatic hydroxyl groups is 1. The molecule has 9 nitrogen and oxygen atoms in total. The first-order chi connectivity index (χ1) is 14.1. The van der Waals surface area contributed by atoms with Gasteiger partial charge in [-0.25, -0.2) is 19.7 Å². The van der Waals surface area contributed by atoms with Gasteiger partial charge in [-0.1, -0.05) is 12.1 Å². The summed E-state index contributed by atoms with van der Waals surface area (Å²) in [5, 5.41) is 19.2. The number of carboxylic acids is 1. The van der Waals surface area contributed by atoms with E-state index in [2.05, 4.69) is 29.7 Å². The maximum absolute atomic E-state index is 11.0. The van der Waals surface area contributed by atoms with E-state index in [4.69, 9.17) is 5.11 Å². The van der Waals surface area contributed by atoms with E-state index >= 15 is 0 Å². The molecule has 4 heterocycles. The number of rotatable bonds is 5. The van der Waals surface area contributed by atoms with E-state index in [9.17, 15) is 9.90 Å². The summed E-state index contributed by atoms with van der Waals surface area (Å²) >= 11 is 0. The highest BCUT2D eigenvalue weighted by molar-refractivity contribution is 5.84. The molecule has 150 valence electrons. The quantitative estimate of drug-likeness (QED) is 0.586. The lowest BCUT2D eigenvalue weighted by atomic mass is 9.82. The Morgan fingerprint density at radius 2 is 2.07 bits per heavy atom. The normalized spacial score (nSPS) is 24.3. The average Bonchev–Trinajstić information content (AvgIpc) is 3.38. The number of fused-ring (bicyclic) bond motifs is 2. The SMILES string of the molecule is O=C(O)c1cnc(N2CC3CN(Cc4nc5ccccc5[nH]4)CC3(CO)C2)cn1. The fraction of sp³-hybridized carbons (Fsp3) is 0.400. The van der Waals surface area contributed by atoms with Gasteiger partial charge < -0.3 is 20.1 Å². The van der Waals surface area contributed by atoms with Crippen molar-refractivity contribution in [1.29, 1.82) is 0 Å². The number of imidazole rings is 1. The molecular weight excluding hydrogens is 372 g/mol. The zero-order valence-electron chi connectivity index (χ0n) is 15.8. The molecule has 0 aliphatic carbocycles. The minimum atomic E-state index is -1.09. The van der Waals surface area contributed by atoms with Crippen molar-refractivity contribution in [3.8, 4) is 0 Å². The van der Waals surface area contributed by atoms with Crippen LogP contribution in [0.1, 0.15) is 16.3 Å². The molecule has 1 aromatic carbocycles. The molecule has 2 atom stereocenters. The Labute approximate surface area is 167 Å². The number of benzene rings is 1. The lowest BCUT2D eigenvalue weighted by Crippen LogP contribution is -2.37. The van der Waals surface area contributed by atoms with Crippen LogP contribution >= 0.6 is 0 Å². The summed E-state index contributed by atoms with van der Waals surface area (Å²) in [6, 6.07) is 7.99. The molecule has 2 aliphatic rings. The smallest absolute Gasteiger partial charge is 0.356 e. The summed E-state index contributed by atoms with van der Waals surface area (Å²) in [4.78, 5) is 31.7. The van der Waals surface area contributed by atoms with Gasteiger partial charge in [-0.15, -0.1) is 0 Å². The molecule has 2 aromatic heterocycles. The zero-order chi connectivity index (χ0) is 20.0. The molecule has 9 heteroatoms. The van der Waals surface area contributed by atoms with Gasteiger partial charge in [0.2, 0.25) is 0 Å². The van der Waals surface area contributed by atoms with Crippen LogP contribution in [0.3, 0.4) is 0 Å². The summed E-state index contributed by atoms with van der Waals surface area (Å²) in [6.45, 7) is 3.91. The van der Waals surface area contributed by atoms with E-state index in [1.54, 1.807) is 0 Å². The second-order valence-corrected chi connectivity index (χ2v) is 8.03. The standard InChI is InChI=1S/C20H22N6O3/c27-12-20-10-25(9-17-23-14-3-1-2-4-15(14)24-17)7-13(20)8-26(11-20)18-6-21-16(5-22-18)19(28)29/h1-6,13,27H,7-12H2,(H,23,24)(H,28,29). The topological polar surface area (TPSA) is 118 Å². The Hall–Kier alpha value is -3.04. The monoisotopic (exact) mass is 394 g/mol. The molecule has 2 fully saturated rings. The fourth-order valence-electron chi connectivity index (χ4n) is 4.70. The van der Waals surface area contributed by atoms with Crippen molar-refractivity contribution in [3.05, 3.63) is 48.2 Å². The number of hydrogen-bond donors (Lipinski definition) is 3. The number of carbonyl (C=O) groups is 1. The first-order valence-corrected chi connectivity index (χ1v) is 9.63. The van der Waals surface area contributed by atoms with Gasteiger partial charge in [0.25, 0.3) is 0 Å². The Bertz CT molecular complexity index is 1020. The van der Waals surface area contributed by atoms with Crippen LogP contribution in [0.2, 0.25) is 0 Å². The Morgan fingerprint density at radius 1 is 1.21 bits per heavy atom. The number of carboxylic acid groups (broad SMARTS) is 1. The third-order valence-electron chi connectivity index (χ3n) is 6.14. The van der Waals surface area contributed by atoms with Crippen LogP contribution in [0.5, 0.6) is 0 Å². The van der Waals surface area contributed by atoms with Gasteiger partial charge >= 0.3 is 5.97 Å². The van der Waals surface area contributed by atoms with Crippen molar-refractivity contribution < 1.29 is 15.0 Å². The Kier molecular flexibility index (Phi) is 4.21. The molecule has 3 N–H and O–H groups in total. The van der Waals surface area contributed by atoms with E-state index < -0.39 is 5.97 Å². The fourth-order valence-corrected chi connectivity index (χ4v) is 4.70. The van der Waals surface area contributed by atoms with Crippen LogP contribution in [-0.2, 0) is 6.54 Å². The van der Waals surface area contributed by atoms with Crippen LogP contribution in [0.4, 0.5) is 5.82 Å². The van der Waals surface area contributed by atoms with Gasteiger partial charge in [-0.2, -0.15) is 0 Å². The van der Waals surface area contributed by atoms with Crippen molar-refractivity contribution in [3.63, 3.8) is 0 Å². The first kappa shape index (κ1) is 18.0. The van der Waals surface area contributed by atoms with Gasteiger partial charge in [-0.05, 0) is 18.1 Å². The highest BCUT2D eigenvalue weighted by Crippen LogP contribution is 2.43. The van der Waals surface area contributed by atoms with E-state index in [1.807, 2.05) is 24.3 Å². The molecule has 0 radical (unpaired) electrons.